The van der Waals surface area contributed by atoms with Crippen LogP contribution >= 0.6 is 15.9 Å². The van der Waals surface area contributed by atoms with E-state index in [1.165, 1.54) is 18.3 Å². The third-order valence-corrected chi connectivity index (χ3v) is 6.75. The summed E-state index contributed by atoms with van der Waals surface area (Å²) in [5, 5.41) is 16.0. The molecule has 1 saturated carbocycles. The van der Waals surface area contributed by atoms with Crippen molar-refractivity contribution < 1.29 is 18.9 Å². The normalized spacial score (nSPS) is 27.3. The van der Waals surface area contributed by atoms with Gasteiger partial charge >= 0.3 is 0 Å². The van der Waals surface area contributed by atoms with E-state index in [0.717, 1.165) is 17.9 Å². The van der Waals surface area contributed by atoms with E-state index in [2.05, 4.69) is 33.2 Å². The van der Waals surface area contributed by atoms with Crippen LogP contribution in [0.4, 0.5) is 5.69 Å². The highest BCUT2D eigenvalue weighted by Crippen LogP contribution is 2.49. The van der Waals surface area contributed by atoms with Gasteiger partial charge in [0.05, 0.1) is 23.0 Å². The minimum absolute atomic E-state index is 0.0325. The van der Waals surface area contributed by atoms with Gasteiger partial charge in [0.1, 0.15) is 11.5 Å². The lowest BCUT2D eigenvalue weighted by Gasteiger charge is -2.37. The van der Waals surface area contributed by atoms with E-state index < -0.39 is 4.92 Å². The highest BCUT2D eigenvalue weighted by atomic mass is 79.9. The van der Waals surface area contributed by atoms with Crippen LogP contribution in [0.15, 0.2) is 56.5 Å². The number of nitrogens with zero attached hydrogens (tertiary/aromatic N) is 3. The molecule has 1 aromatic heterocycles. The highest BCUT2D eigenvalue weighted by Gasteiger charge is 2.56. The lowest BCUT2D eigenvalue weighted by atomic mass is 9.63. The van der Waals surface area contributed by atoms with Gasteiger partial charge in [-0.3, -0.25) is 19.7 Å². The highest BCUT2D eigenvalue weighted by molar-refractivity contribution is 9.10. The predicted octanol–water partition coefficient (Wildman–Crippen LogP) is 4.15. The number of non-ortho nitro benzene ring substituents is 1. The van der Waals surface area contributed by atoms with E-state index in [4.69, 9.17) is 4.42 Å². The van der Waals surface area contributed by atoms with Crippen molar-refractivity contribution in [1.82, 2.24) is 5.01 Å². The summed E-state index contributed by atoms with van der Waals surface area (Å²) in [4.78, 5) is 36.0. The van der Waals surface area contributed by atoms with Crippen molar-refractivity contribution in [3.05, 3.63) is 62.8 Å². The van der Waals surface area contributed by atoms with Crippen LogP contribution in [0.25, 0.3) is 11.3 Å². The molecule has 6 rings (SSSR count). The number of halogens is 1. The summed E-state index contributed by atoms with van der Waals surface area (Å²) in [5.41, 5.74) is 0.609. The number of rotatable bonds is 4. The maximum atomic E-state index is 12.8. The number of carbonyl (C=O) groups is 2. The summed E-state index contributed by atoms with van der Waals surface area (Å²) < 4.78 is 6.26. The third kappa shape index (κ3) is 2.92. The van der Waals surface area contributed by atoms with Crippen LogP contribution in [-0.4, -0.2) is 28.0 Å². The van der Waals surface area contributed by atoms with Crippen molar-refractivity contribution in [2.45, 2.75) is 12.8 Å². The molecule has 1 aliphatic heterocycles. The van der Waals surface area contributed by atoms with Gasteiger partial charge in [0.15, 0.2) is 0 Å². The zero-order valence-electron chi connectivity index (χ0n) is 15.6. The molecule has 0 radical (unpaired) electrons. The van der Waals surface area contributed by atoms with Gasteiger partial charge in [-0.05, 0) is 58.8 Å². The molecule has 1 aromatic carbocycles. The largest absolute Gasteiger partial charge is 0.455 e. The fraction of sp³-hybridized carbons (Fsp3) is 0.286. The number of fused-ring (bicyclic) bond motifs is 1. The molecular formula is C21H16BrN3O5. The Morgan fingerprint density at radius 3 is 2.33 bits per heavy atom. The second kappa shape index (κ2) is 7.02. The quantitative estimate of drug-likeness (QED) is 0.220. The maximum absolute atomic E-state index is 12.8. The SMILES string of the molecule is O=C1C2C3C=CC(CC3)C2C(=O)N1N=Cc1ccc(-c2ccc([N+](=O)[O-])cc2Br)o1. The molecule has 1 saturated heterocycles. The van der Waals surface area contributed by atoms with E-state index >= 15 is 0 Å². The van der Waals surface area contributed by atoms with Gasteiger partial charge in [-0.1, -0.05) is 12.2 Å². The van der Waals surface area contributed by atoms with E-state index in [9.17, 15) is 19.7 Å². The van der Waals surface area contributed by atoms with Crippen molar-refractivity contribution >= 4 is 39.6 Å². The van der Waals surface area contributed by atoms with Crippen LogP contribution in [0.5, 0.6) is 0 Å². The summed E-state index contributed by atoms with van der Waals surface area (Å²) >= 11 is 3.32. The van der Waals surface area contributed by atoms with Crippen molar-refractivity contribution in [3.8, 4) is 11.3 Å². The first-order chi connectivity index (χ1) is 14.4. The Labute approximate surface area is 179 Å². The molecule has 9 heteroatoms. The Kier molecular flexibility index (Phi) is 4.43. The molecule has 2 heterocycles. The monoisotopic (exact) mass is 469 g/mol. The van der Waals surface area contributed by atoms with Gasteiger partial charge in [-0.25, -0.2) is 0 Å². The second-order valence-electron chi connectivity index (χ2n) is 7.70. The molecule has 4 aliphatic rings. The fourth-order valence-electron chi connectivity index (χ4n) is 4.67. The maximum Gasteiger partial charge on any atom is 0.270 e. The molecule has 30 heavy (non-hydrogen) atoms. The predicted molar refractivity (Wildman–Crippen MR) is 110 cm³/mol. The molecule has 4 atom stereocenters. The van der Waals surface area contributed by atoms with E-state index in [-0.39, 0.29) is 41.2 Å². The fourth-order valence-corrected chi connectivity index (χ4v) is 5.23. The molecule has 4 unspecified atom stereocenters. The third-order valence-electron chi connectivity index (χ3n) is 6.09. The van der Waals surface area contributed by atoms with Crippen molar-refractivity contribution in [1.29, 1.82) is 0 Å². The van der Waals surface area contributed by atoms with Crippen LogP contribution in [0.2, 0.25) is 0 Å². The minimum Gasteiger partial charge on any atom is -0.455 e. The van der Waals surface area contributed by atoms with E-state index in [1.807, 2.05) is 0 Å². The van der Waals surface area contributed by atoms with Crippen LogP contribution in [0, 0.1) is 33.8 Å². The number of hydrogen-bond acceptors (Lipinski definition) is 6. The van der Waals surface area contributed by atoms with Crippen LogP contribution in [0.3, 0.4) is 0 Å². The molecule has 0 spiro atoms. The Morgan fingerprint density at radius 1 is 1.10 bits per heavy atom. The molecule has 8 nitrogen and oxygen atoms in total. The number of allylic oxidation sites excluding steroid dienone is 2. The lowest BCUT2D eigenvalue weighted by Crippen LogP contribution is -2.38. The number of imide groups is 1. The summed E-state index contributed by atoms with van der Waals surface area (Å²) in [5.74, 6) is -0.0172. The zero-order valence-corrected chi connectivity index (χ0v) is 17.2. The summed E-state index contributed by atoms with van der Waals surface area (Å²) in [7, 11) is 0. The molecule has 3 aliphatic carbocycles. The number of benzene rings is 1. The summed E-state index contributed by atoms with van der Waals surface area (Å²) in [6, 6.07) is 7.74. The van der Waals surface area contributed by atoms with Gasteiger partial charge in [0, 0.05) is 22.2 Å². The topological polar surface area (TPSA) is 106 Å². The first-order valence-electron chi connectivity index (χ1n) is 9.58. The van der Waals surface area contributed by atoms with Gasteiger partial charge in [0.2, 0.25) is 0 Å². The average molecular weight is 470 g/mol. The molecule has 2 bridgehead atoms. The Hall–Kier alpha value is -3.07. The van der Waals surface area contributed by atoms with Crippen molar-refractivity contribution in [3.63, 3.8) is 0 Å². The number of amides is 2. The Balaban J connectivity index is 1.36. The smallest absolute Gasteiger partial charge is 0.270 e. The zero-order chi connectivity index (χ0) is 21.0. The molecular weight excluding hydrogens is 454 g/mol. The van der Waals surface area contributed by atoms with Crippen LogP contribution in [-0.2, 0) is 9.59 Å². The van der Waals surface area contributed by atoms with Gasteiger partial charge in [0.25, 0.3) is 17.5 Å². The molecule has 2 aromatic rings. The molecule has 0 N–H and O–H groups in total. The number of hydrazone groups is 1. The standard InChI is InChI=1S/C21H16BrN3O5/c22-16-9-13(25(28)29)5-7-15(16)17-8-6-14(30-17)10-23-24-20(26)18-11-1-2-12(4-3-11)19(18)21(24)27/h1-2,5-12,18-19H,3-4H2. The summed E-state index contributed by atoms with van der Waals surface area (Å²) in [6.07, 6.45) is 7.35. The molecule has 2 fully saturated rings. The van der Waals surface area contributed by atoms with Gasteiger partial charge in [-0.2, -0.15) is 10.1 Å². The van der Waals surface area contributed by atoms with E-state index in [1.54, 1.807) is 18.2 Å². The number of nitro groups is 1. The molecule has 152 valence electrons. The molecule has 2 amide bonds. The number of furan rings is 1. The Morgan fingerprint density at radius 2 is 1.77 bits per heavy atom. The first-order valence-corrected chi connectivity index (χ1v) is 10.4. The number of carbonyl (C=O) groups excluding carboxylic acids is 2. The van der Waals surface area contributed by atoms with Crippen molar-refractivity contribution in [2.75, 3.05) is 0 Å². The Bertz CT molecular complexity index is 1110. The van der Waals surface area contributed by atoms with E-state index in [0.29, 0.717) is 21.6 Å². The summed E-state index contributed by atoms with van der Waals surface area (Å²) in [6.45, 7) is 0. The average Bonchev–Trinajstić information content (AvgIpc) is 3.31. The minimum atomic E-state index is -0.474. The van der Waals surface area contributed by atoms with Crippen LogP contribution < -0.4 is 0 Å². The lowest BCUT2D eigenvalue weighted by molar-refractivity contribution is -0.384. The number of hydrogen-bond donors (Lipinski definition) is 0. The van der Waals surface area contributed by atoms with Gasteiger partial charge in [-0.15, -0.1) is 0 Å². The second-order valence-corrected chi connectivity index (χ2v) is 8.55. The number of nitro benzene ring substituents is 1. The van der Waals surface area contributed by atoms with Crippen molar-refractivity contribution in [2.24, 2.45) is 28.8 Å². The van der Waals surface area contributed by atoms with Gasteiger partial charge < -0.3 is 4.42 Å². The van der Waals surface area contributed by atoms with Crippen LogP contribution in [0.1, 0.15) is 18.6 Å². The first kappa shape index (κ1) is 18.9.